The van der Waals surface area contributed by atoms with Gasteiger partial charge in [0.05, 0.1) is 19.8 Å². The van der Waals surface area contributed by atoms with Crippen LogP contribution in [0.3, 0.4) is 0 Å². The first kappa shape index (κ1) is 26.2. The van der Waals surface area contributed by atoms with E-state index in [-0.39, 0.29) is 5.97 Å². The topological polar surface area (TPSA) is 75.8 Å². The Bertz CT molecular complexity index is 382. The number of esters is 1. The minimum atomic E-state index is -2.47. The van der Waals surface area contributed by atoms with Crippen LogP contribution in [-0.4, -0.2) is 67.1 Å². The molecule has 8 heteroatoms. The maximum absolute atomic E-state index is 10.6. The SMILES string of the molecule is C=C(C)C(=O)OCCC.CCO[Si](CCCOCC1CO1)(OCC)OCC. The fourth-order valence-corrected chi connectivity index (χ4v) is 4.67. The molecule has 1 aliphatic heterocycles. The van der Waals surface area contributed by atoms with Crippen molar-refractivity contribution in [3.63, 3.8) is 0 Å². The van der Waals surface area contributed by atoms with E-state index < -0.39 is 8.80 Å². The smallest absolute Gasteiger partial charge is 0.462 e. The summed E-state index contributed by atoms with van der Waals surface area (Å²) in [7, 11) is -2.47. The van der Waals surface area contributed by atoms with Gasteiger partial charge in [-0.15, -0.1) is 0 Å². The summed E-state index contributed by atoms with van der Waals surface area (Å²) in [6.07, 6.45) is 2.09. The lowest BCUT2D eigenvalue weighted by Crippen LogP contribution is -2.46. The summed E-state index contributed by atoms with van der Waals surface area (Å²) in [6, 6.07) is 0.814. The normalized spacial score (nSPS) is 15.7. The van der Waals surface area contributed by atoms with Crippen molar-refractivity contribution in [3.8, 4) is 0 Å². The van der Waals surface area contributed by atoms with Crippen LogP contribution in [0.2, 0.25) is 6.04 Å². The Morgan fingerprint density at radius 3 is 2.04 bits per heavy atom. The molecule has 27 heavy (non-hydrogen) atoms. The average molecular weight is 407 g/mol. The number of carbonyl (C=O) groups is 1. The molecule has 0 saturated carbocycles. The predicted molar refractivity (Wildman–Crippen MR) is 107 cm³/mol. The molecule has 0 radical (unpaired) electrons. The van der Waals surface area contributed by atoms with Gasteiger partial charge in [-0.1, -0.05) is 13.5 Å². The number of ether oxygens (including phenoxy) is 3. The summed E-state index contributed by atoms with van der Waals surface area (Å²) in [5, 5.41) is 0. The first-order chi connectivity index (χ1) is 12.9. The van der Waals surface area contributed by atoms with E-state index in [0.29, 0.717) is 51.3 Å². The molecule has 1 unspecified atom stereocenters. The molecule has 0 aromatic heterocycles. The second-order valence-corrected chi connectivity index (χ2v) is 8.76. The van der Waals surface area contributed by atoms with Gasteiger partial charge in [-0.2, -0.15) is 0 Å². The van der Waals surface area contributed by atoms with Crippen LogP contribution in [0.25, 0.3) is 0 Å². The minimum Gasteiger partial charge on any atom is -0.462 e. The van der Waals surface area contributed by atoms with Gasteiger partial charge in [0, 0.05) is 38.0 Å². The van der Waals surface area contributed by atoms with Gasteiger partial charge in [-0.25, -0.2) is 4.79 Å². The first-order valence-electron chi connectivity index (χ1n) is 9.88. The highest BCUT2D eigenvalue weighted by atomic mass is 28.4. The van der Waals surface area contributed by atoms with Gasteiger partial charge in [0.25, 0.3) is 0 Å². The van der Waals surface area contributed by atoms with E-state index in [1.807, 2.05) is 27.7 Å². The van der Waals surface area contributed by atoms with E-state index in [0.717, 1.165) is 25.5 Å². The molecule has 1 atom stereocenters. The van der Waals surface area contributed by atoms with Gasteiger partial charge in [0.1, 0.15) is 6.10 Å². The van der Waals surface area contributed by atoms with Gasteiger partial charge in [-0.05, 0) is 40.5 Å². The van der Waals surface area contributed by atoms with Crippen molar-refractivity contribution in [2.75, 3.05) is 46.2 Å². The monoisotopic (exact) mass is 406 g/mol. The van der Waals surface area contributed by atoms with Gasteiger partial charge >= 0.3 is 14.8 Å². The third kappa shape index (κ3) is 14.0. The average Bonchev–Trinajstić information content (AvgIpc) is 3.45. The van der Waals surface area contributed by atoms with Crippen LogP contribution in [0, 0.1) is 0 Å². The summed E-state index contributed by atoms with van der Waals surface area (Å²) < 4.78 is 32.6. The zero-order valence-corrected chi connectivity index (χ0v) is 18.7. The number of epoxide rings is 1. The molecule has 1 saturated heterocycles. The zero-order chi connectivity index (χ0) is 20.5. The third-order valence-electron chi connectivity index (χ3n) is 3.36. The zero-order valence-electron chi connectivity index (χ0n) is 17.7. The van der Waals surface area contributed by atoms with E-state index in [1.54, 1.807) is 6.92 Å². The Morgan fingerprint density at radius 1 is 1.07 bits per heavy atom. The van der Waals surface area contributed by atoms with E-state index in [2.05, 4.69) is 6.58 Å². The Kier molecular flexibility index (Phi) is 15.7. The van der Waals surface area contributed by atoms with Crippen molar-refractivity contribution in [3.05, 3.63) is 12.2 Å². The molecule has 0 bridgehead atoms. The van der Waals surface area contributed by atoms with E-state index in [4.69, 9.17) is 27.5 Å². The Morgan fingerprint density at radius 2 is 1.63 bits per heavy atom. The van der Waals surface area contributed by atoms with Crippen LogP contribution in [-0.2, 0) is 32.3 Å². The highest BCUT2D eigenvalue weighted by Crippen LogP contribution is 2.18. The van der Waals surface area contributed by atoms with E-state index in [9.17, 15) is 4.79 Å². The predicted octanol–water partition coefficient (Wildman–Crippen LogP) is 3.36. The van der Waals surface area contributed by atoms with Crippen LogP contribution in [0.15, 0.2) is 12.2 Å². The van der Waals surface area contributed by atoms with Gasteiger partial charge < -0.3 is 27.5 Å². The summed E-state index contributed by atoms with van der Waals surface area (Å²) in [6.45, 7) is 17.6. The summed E-state index contributed by atoms with van der Waals surface area (Å²) in [5.41, 5.74) is 0.462. The molecule has 1 aliphatic rings. The van der Waals surface area contributed by atoms with Crippen LogP contribution < -0.4 is 0 Å². The number of hydrogen-bond donors (Lipinski definition) is 0. The van der Waals surface area contributed by atoms with Crippen molar-refractivity contribution in [2.24, 2.45) is 0 Å². The first-order valence-corrected chi connectivity index (χ1v) is 11.8. The fraction of sp³-hybridized carbons (Fsp3) is 0.842. The fourth-order valence-electron chi connectivity index (χ4n) is 2.09. The molecule has 0 aromatic rings. The highest BCUT2D eigenvalue weighted by molar-refractivity contribution is 6.60. The molecule has 160 valence electrons. The molecule has 1 heterocycles. The molecule has 1 rings (SSSR count). The quantitative estimate of drug-likeness (QED) is 0.136. The van der Waals surface area contributed by atoms with Crippen molar-refractivity contribution in [1.29, 1.82) is 0 Å². The van der Waals surface area contributed by atoms with Crippen molar-refractivity contribution < 1.29 is 32.3 Å². The van der Waals surface area contributed by atoms with E-state index >= 15 is 0 Å². The molecule has 0 amide bonds. The van der Waals surface area contributed by atoms with Crippen molar-refractivity contribution in [1.82, 2.24) is 0 Å². The molecular weight excluding hydrogens is 368 g/mol. The lowest BCUT2D eigenvalue weighted by atomic mass is 10.4. The summed E-state index contributed by atoms with van der Waals surface area (Å²) >= 11 is 0. The highest BCUT2D eigenvalue weighted by Gasteiger charge is 2.39. The van der Waals surface area contributed by atoms with Crippen LogP contribution in [0.5, 0.6) is 0 Å². The Labute approximate surface area is 165 Å². The van der Waals surface area contributed by atoms with Gasteiger partial charge in [0.15, 0.2) is 0 Å². The second kappa shape index (κ2) is 16.2. The largest absolute Gasteiger partial charge is 0.501 e. The summed E-state index contributed by atoms with van der Waals surface area (Å²) in [5.74, 6) is -0.295. The van der Waals surface area contributed by atoms with Gasteiger partial charge in [0.2, 0.25) is 0 Å². The number of hydrogen-bond acceptors (Lipinski definition) is 7. The van der Waals surface area contributed by atoms with Crippen molar-refractivity contribution >= 4 is 14.8 Å². The maximum Gasteiger partial charge on any atom is 0.501 e. The second-order valence-electron chi connectivity index (χ2n) is 6.03. The standard InChI is InChI=1S/C12H26O5Si.C7H12O2/c1-4-15-18(16-5-2,17-6-3)9-7-8-13-10-12-11-14-12;1-4-5-9-7(8)6(2)3/h12H,4-11H2,1-3H3;2,4-5H2,1,3H3. The van der Waals surface area contributed by atoms with Gasteiger partial charge in [-0.3, -0.25) is 0 Å². The molecule has 7 nitrogen and oxygen atoms in total. The Hall–Kier alpha value is -0.773. The number of rotatable bonds is 15. The van der Waals surface area contributed by atoms with Crippen LogP contribution >= 0.6 is 0 Å². The lowest BCUT2D eigenvalue weighted by Gasteiger charge is -2.28. The van der Waals surface area contributed by atoms with Crippen LogP contribution in [0.4, 0.5) is 0 Å². The maximum atomic E-state index is 10.6. The van der Waals surface area contributed by atoms with Crippen LogP contribution in [0.1, 0.15) is 47.5 Å². The van der Waals surface area contributed by atoms with E-state index in [1.165, 1.54) is 0 Å². The molecule has 0 aliphatic carbocycles. The summed E-state index contributed by atoms with van der Waals surface area (Å²) in [4.78, 5) is 10.6. The lowest BCUT2D eigenvalue weighted by molar-refractivity contribution is -0.138. The Balaban J connectivity index is 0.000000636. The van der Waals surface area contributed by atoms with Crippen molar-refractivity contribution in [2.45, 2.75) is 59.6 Å². The molecule has 0 spiro atoms. The molecular formula is C19H38O7Si. The molecule has 1 fully saturated rings. The number of carbonyl (C=O) groups excluding carboxylic acids is 1. The molecule has 0 N–H and O–H groups in total. The minimum absolute atomic E-state index is 0.295. The third-order valence-corrected chi connectivity index (χ3v) is 6.51. The molecule has 0 aromatic carbocycles.